The van der Waals surface area contributed by atoms with E-state index in [0.717, 1.165) is 22.0 Å². The third-order valence-corrected chi connectivity index (χ3v) is 6.73. The molecule has 1 aliphatic heterocycles. The molecular formula is C30H35N3O4. The largest absolute Gasteiger partial charge is 0.497 e. The minimum atomic E-state index is -0.590. The maximum absolute atomic E-state index is 13.6. The Hall–Kier alpha value is -3.87. The molecule has 0 bridgehead atoms. The zero-order chi connectivity index (χ0) is 26.5. The molecule has 1 heterocycles. The van der Waals surface area contributed by atoms with E-state index in [-0.39, 0.29) is 30.2 Å². The van der Waals surface area contributed by atoms with Gasteiger partial charge in [-0.15, -0.1) is 0 Å². The second-order valence-corrected chi connectivity index (χ2v) is 9.70. The highest BCUT2D eigenvalue weighted by Crippen LogP contribution is 2.37. The number of nitrogens with zero attached hydrogens (tertiary/aromatic N) is 2. The molecule has 0 spiro atoms. The molecule has 0 saturated heterocycles. The quantitative estimate of drug-likeness (QED) is 0.405. The number of rotatable bonds is 11. The van der Waals surface area contributed by atoms with Gasteiger partial charge >= 0.3 is 0 Å². The van der Waals surface area contributed by atoms with Crippen LogP contribution in [0.5, 0.6) is 5.75 Å². The van der Waals surface area contributed by atoms with Crippen molar-refractivity contribution < 1.29 is 19.1 Å². The molecule has 37 heavy (non-hydrogen) atoms. The van der Waals surface area contributed by atoms with Crippen LogP contribution in [0.1, 0.15) is 56.0 Å². The van der Waals surface area contributed by atoms with Gasteiger partial charge in [0.1, 0.15) is 11.8 Å². The van der Waals surface area contributed by atoms with Crippen molar-refractivity contribution in [3.8, 4) is 5.75 Å². The van der Waals surface area contributed by atoms with Gasteiger partial charge in [-0.1, -0.05) is 43.3 Å². The van der Waals surface area contributed by atoms with Crippen molar-refractivity contribution in [2.75, 3.05) is 18.6 Å². The SMILES string of the molecule is CC[C@H](C(=O)NC(C)C)N(Cc1cccc(OC)c1)C(=O)CCCN1C(=O)c2cccc3cccc1c23. The van der Waals surface area contributed by atoms with Crippen molar-refractivity contribution in [2.45, 2.75) is 58.7 Å². The van der Waals surface area contributed by atoms with Crippen LogP contribution in [0.3, 0.4) is 0 Å². The van der Waals surface area contributed by atoms with Crippen molar-refractivity contribution in [1.82, 2.24) is 10.2 Å². The Morgan fingerprint density at radius 3 is 2.49 bits per heavy atom. The Morgan fingerprint density at radius 2 is 1.78 bits per heavy atom. The summed E-state index contributed by atoms with van der Waals surface area (Å²) in [4.78, 5) is 43.1. The van der Waals surface area contributed by atoms with Crippen LogP contribution in [0.25, 0.3) is 10.8 Å². The fourth-order valence-corrected chi connectivity index (χ4v) is 5.00. The number of anilines is 1. The summed E-state index contributed by atoms with van der Waals surface area (Å²) >= 11 is 0. The van der Waals surface area contributed by atoms with Gasteiger partial charge in [-0.2, -0.15) is 0 Å². The summed E-state index contributed by atoms with van der Waals surface area (Å²) in [6.07, 6.45) is 1.22. The fourth-order valence-electron chi connectivity index (χ4n) is 5.00. The lowest BCUT2D eigenvalue weighted by atomic mass is 10.1. The zero-order valence-electron chi connectivity index (χ0n) is 22.0. The van der Waals surface area contributed by atoms with Crippen LogP contribution in [-0.4, -0.2) is 48.4 Å². The third-order valence-electron chi connectivity index (χ3n) is 6.73. The molecule has 7 nitrogen and oxygen atoms in total. The Bertz CT molecular complexity index is 1300. The summed E-state index contributed by atoms with van der Waals surface area (Å²) in [5.74, 6) is 0.391. The molecule has 1 aliphatic rings. The van der Waals surface area contributed by atoms with E-state index in [9.17, 15) is 14.4 Å². The van der Waals surface area contributed by atoms with E-state index in [4.69, 9.17) is 4.74 Å². The van der Waals surface area contributed by atoms with E-state index >= 15 is 0 Å². The molecule has 1 N–H and O–H groups in total. The molecule has 0 aromatic heterocycles. The van der Waals surface area contributed by atoms with Crippen LogP contribution in [0.15, 0.2) is 60.7 Å². The Labute approximate surface area is 218 Å². The number of methoxy groups -OCH3 is 1. The van der Waals surface area contributed by atoms with Gasteiger partial charge in [0.25, 0.3) is 5.91 Å². The molecule has 0 saturated carbocycles. The highest BCUT2D eigenvalue weighted by Gasteiger charge is 2.31. The number of amides is 3. The van der Waals surface area contributed by atoms with Crippen LogP contribution < -0.4 is 15.0 Å². The standard InChI is InChI=1S/C30H35N3O4/c1-5-25(29(35)31-20(2)3)33(19-21-10-6-13-23(18-21)37-4)27(34)16-9-17-32-26-15-8-12-22-11-7-14-24(28(22)26)30(32)36/h6-8,10-15,18,20,25H,5,9,16-17,19H2,1-4H3,(H,31,35)/t25-/m1/s1. The van der Waals surface area contributed by atoms with Crippen LogP contribution in [0.4, 0.5) is 5.69 Å². The molecule has 1 atom stereocenters. The first kappa shape index (κ1) is 26.2. The minimum Gasteiger partial charge on any atom is -0.497 e. The van der Waals surface area contributed by atoms with Crippen LogP contribution in [0, 0.1) is 0 Å². The number of ether oxygens (including phenoxy) is 1. The summed E-state index contributed by atoms with van der Waals surface area (Å²) in [7, 11) is 1.60. The number of benzene rings is 3. The van der Waals surface area contributed by atoms with E-state index in [2.05, 4.69) is 5.32 Å². The molecule has 7 heteroatoms. The first-order valence-corrected chi connectivity index (χ1v) is 12.9. The van der Waals surface area contributed by atoms with Crippen LogP contribution >= 0.6 is 0 Å². The molecule has 4 rings (SSSR count). The lowest BCUT2D eigenvalue weighted by Crippen LogP contribution is -2.50. The molecule has 3 aromatic rings. The average molecular weight is 502 g/mol. The predicted octanol–water partition coefficient (Wildman–Crippen LogP) is 4.92. The van der Waals surface area contributed by atoms with E-state index in [1.165, 1.54) is 0 Å². The van der Waals surface area contributed by atoms with Gasteiger partial charge in [0, 0.05) is 36.5 Å². The highest BCUT2D eigenvalue weighted by molar-refractivity contribution is 6.25. The molecular weight excluding hydrogens is 466 g/mol. The monoisotopic (exact) mass is 501 g/mol. The zero-order valence-corrected chi connectivity index (χ0v) is 22.0. The number of carbonyl (C=O) groups is 3. The topological polar surface area (TPSA) is 79.0 Å². The molecule has 3 aromatic carbocycles. The van der Waals surface area contributed by atoms with Crippen molar-refractivity contribution >= 4 is 34.2 Å². The van der Waals surface area contributed by atoms with Gasteiger partial charge in [0.05, 0.1) is 12.8 Å². The van der Waals surface area contributed by atoms with E-state index in [1.807, 2.05) is 81.4 Å². The van der Waals surface area contributed by atoms with Gasteiger partial charge in [0.2, 0.25) is 11.8 Å². The Balaban J connectivity index is 1.50. The van der Waals surface area contributed by atoms with Gasteiger partial charge < -0.3 is 19.9 Å². The van der Waals surface area contributed by atoms with Crippen molar-refractivity contribution in [1.29, 1.82) is 0 Å². The molecule has 194 valence electrons. The lowest BCUT2D eigenvalue weighted by Gasteiger charge is -2.31. The van der Waals surface area contributed by atoms with Crippen LogP contribution in [-0.2, 0) is 16.1 Å². The molecule has 0 unspecified atom stereocenters. The van der Waals surface area contributed by atoms with Crippen LogP contribution in [0.2, 0.25) is 0 Å². The third kappa shape index (κ3) is 5.61. The second-order valence-electron chi connectivity index (χ2n) is 9.70. The van der Waals surface area contributed by atoms with Crippen molar-refractivity contribution in [3.63, 3.8) is 0 Å². The first-order valence-electron chi connectivity index (χ1n) is 12.9. The van der Waals surface area contributed by atoms with Gasteiger partial charge in [0.15, 0.2) is 0 Å². The van der Waals surface area contributed by atoms with Gasteiger partial charge in [-0.25, -0.2) is 0 Å². The first-order chi connectivity index (χ1) is 17.8. The molecule has 0 fully saturated rings. The van der Waals surface area contributed by atoms with Crippen molar-refractivity contribution in [2.24, 2.45) is 0 Å². The fraction of sp³-hybridized carbons (Fsp3) is 0.367. The summed E-state index contributed by atoms with van der Waals surface area (Å²) in [6, 6.07) is 18.6. The lowest BCUT2D eigenvalue weighted by molar-refractivity contribution is -0.141. The van der Waals surface area contributed by atoms with Crippen molar-refractivity contribution in [3.05, 3.63) is 71.8 Å². The maximum Gasteiger partial charge on any atom is 0.258 e. The summed E-state index contributed by atoms with van der Waals surface area (Å²) in [5.41, 5.74) is 2.48. The predicted molar refractivity (Wildman–Crippen MR) is 146 cm³/mol. The summed E-state index contributed by atoms with van der Waals surface area (Å²) in [6.45, 7) is 6.46. The Kier molecular flexibility index (Phi) is 8.11. The normalized spacial score (nSPS) is 13.2. The smallest absolute Gasteiger partial charge is 0.258 e. The maximum atomic E-state index is 13.6. The average Bonchev–Trinajstić information content (AvgIpc) is 3.16. The van der Waals surface area contributed by atoms with E-state index in [1.54, 1.807) is 16.9 Å². The van der Waals surface area contributed by atoms with E-state index in [0.29, 0.717) is 37.2 Å². The number of hydrogen-bond acceptors (Lipinski definition) is 4. The van der Waals surface area contributed by atoms with Gasteiger partial charge in [-0.05, 0) is 61.9 Å². The molecule has 0 aliphatic carbocycles. The summed E-state index contributed by atoms with van der Waals surface area (Å²) < 4.78 is 5.35. The van der Waals surface area contributed by atoms with E-state index < -0.39 is 6.04 Å². The minimum absolute atomic E-state index is 0.0270. The second kappa shape index (κ2) is 11.5. The number of nitrogens with one attached hydrogen (secondary N) is 1. The molecule has 3 amide bonds. The Morgan fingerprint density at radius 1 is 1.05 bits per heavy atom. The summed E-state index contributed by atoms with van der Waals surface area (Å²) in [5, 5.41) is 4.96. The van der Waals surface area contributed by atoms with Gasteiger partial charge in [-0.3, -0.25) is 14.4 Å². The molecule has 0 radical (unpaired) electrons. The highest BCUT2D eigenvalue weighted by atomic mass is 16.5. The number of carbonyl (C=O) groups excluding carboxylic acids is 3. The number of hydrogen-bond donors (Lipinski definition) is 1.